The number of rotatable bonds is 10. The van der Waals surface area contributed by atoms with Gasteiger partial charge in [-0.25, -0.2) is 13.1 Å². The second-order valence-corrected chi connectivity index (χ2v) is 15.7. The highest BCUT2D eigenvalue weighted by Gasteiger charge is 2.53. The zero-order valence-electron chi connectivity index (χ0n) is 26.3. The van der Waals surface area contributed by atoms with E-state index >= 15 is 0 Å². The molecule has 2 heterocycles. The first-order valence-corrected chi connectivity index (χ1v) is 18.5. The minimum absolute atomic E-state index is 0.0128. The summed E-state index contributed by atoms with van der Waals surface area (Å²) >= 11 is 13.1. The van der Waals surface area contributed by atoms with Crippen LogP contribution in [-0.4, -0.2) is 35.2 Å². The normalized spacial score (nSPS) is 21.9. The number of sulfonamides is 1. The number of nitrogens with one attached hydrogen (secondary N) is 1. The second-order valence-electron chi connectivity index (χ2n) is 13.2. The van der Waals surface area contributed by atoms with Crippen molar-refractivity contribution in [3.63, 3.8) is 0 Å². The summed E-state index contributed by atoms with van der Waals surface area (Å²) in [6.07, 6.45) is 7.25. The van der Waals surface area contributed by atoms with Crippen molar-refractivity contribution in [2.45, 2.75) is 79.8 Å². The summed E-state index contributed by atoms with van der Waals surface area (Å²) in [5.41, 5.74) is 2.61. The molecular weight excluding hydrogens is 687 g/mol. The maximum Gasteiger partial charge on any atom is 0.264 e. The molecule has 0 saturated heterocycles. The van der Waals surface area contributed by atoms with Crippen LogP contribution in [0.25, 0.3) is 22.6 Å². The van der Waals surface area contributed by atoms with E-state index in [1.165, 1.54) is 12.1 Å². The van der Waals surface area contributed by atoms with E-state index in [0.29, 0.717) is 51.1 Å². The van der Waals surface area contributed by atoms with E-state index in [1.54, 1.807) is 54.6 Å². The Kier molecular flexibility index (Phi) is 8.14. The molecule has 4 saturated carbocycles. The van der Waals surface area contributed by atoms with Gasteiger partial charge in [0, 0.05) is 28.2 Å². The lowest BCUT2D eigenvalue weighted by molar-refractivity contribution is -0.130. The number of fused-ring (bicyclic) bond motifs is 3. The smallest absolute Gasteiger partial charge is 0.264 e. The molecule has 0 aliphatic heterocycles. The Labute approximate surface area is 293 Å². The maximum atomic E-state index is 12.7. The monoisotopic (exact) mass is 718 g/mol. The van der Waals surface area contributed by atoms with Crippen LogP contribution >= 0.6 is 23.2 Å². The molecule has 5 aromatic rings. The van der Waals surface area contributed by atoms with Crippen molar-refractivity contribution in [3.05, 3.63) is 106 Å². The fraction of sp³-hybridized carbons (Fsp3) is 0.333. The molecule has 0 spiro atoms. The molecule has 3 aromatic carbocycles. The average Bonchev–Trinajstić information content (AvgIpc) is 3.68. The lowest BCUT2D eigenvalue weighted by atomic mass is 9.58. The summed E-state index contributed by atoms with van der Waals surface area (Å²) < 4.78 is 45.7. The van der Waals surface area contributed by atoms with Gasteiger partial charge in [0.25, 0.3) is 15.9 Å². The predicted octanol–water partition coefficient (Wildman–Crippen LogP) is 8.26. The van der Waals surface area contributed by atoms with Gasteiger partial charge in [-0.15, -0.1) is 0 Å². The summed E-state index contributed by atoms with van der Waals surface area (Å²) in [7, 11) is -3.99. The van der Waals surface area contributed by atoms with Crippen LogP contribution < -0.4 is 4.72 Å². The van der Waals surface area contributed by atoms with Gasteiger partial charge in [0.1, 0.15) is 11.5 Å². The van der Waals surface area contributed by atoms with Crippen molar-refractivity contribution in [2.24, 2.45) is 0 Å². The zero-order chi connectivity index (χ0) is 33.8. The van der Waals surface area contributed by atoms with Crippen molar-refractivity contribution in [1.82, 2.24) is 20.0 Å². The van der Waals surface area contributed by atoms with Gasteiger partial charge in [0.15, 0.2) is 0 Å². The number of hydrogen-bond donors (Lipinski definition) is 1. The molecule has 13 heteroatoms. The Morgan fingerprint density at radius 3 is 2.18 bits per heavy atom. The minimum Gasteiger partial charge on any atom is -0.370 e. The Morgan fingerprint density at radius 1 is 0.857 bits per heavy atom. The van der Waals surface area contributed by atoms with Crippen molar-refractivity contribution in [3.8, 4) is 22.6 Å². The largest absolute Gasteiger partial charge is 0.370 e. The number of nitrogens with zero attached hydrogens (tertiary/aromatic N) is 3. The summed E-state index contributed by atoms with van der Waals surface area (Å²) in [4.78, 5) is 17.5. The summed E-state index contributed by atoms with van der Waals surface area (Å²) in [6, 6.07) is 19.6. The summed E-state index contributed by atoms with van der Waals surface area (Å²) in [5.74, 6) is 1.51. The van der Waals surface area contributed by atoms with Crippen LogP contribution in [0.2, 0.25) is 10.0 Å². The summed E-state index contributed by atoms with van der Waals surface area (Å²) in [5, 5.41) is 9.73. The van der Waals surface area contributed by atoms with Crippen LogP contribution in [0.15, 0.2) is 86.7 Å². The molecule has 9 rings (SSSR count). The van der Waals surface area contributed by atoms with E-state index in [0.717, 1.165) is 62.7 Å². The fourth-order valence-corrected chi connectivity index (χ4v) is 8.70. The Morgan fingerprint density at radius 2 is 1.53 bits per heavy atom. The summed E-state index contributed by atoms with van der Waals surface area (Å²) in [6.45, 7) is 0.371. The van der Waals surface area contributed by atoms with Gasteiger partial charge in [-0.1, -0.05) is 69.9 Å². The van der Waals surface area contributed by atoms with Crippen molar-refractivity contribution in [1.29, 1.82) is 0 Å². The molecule has 2 bridgehead atoms. The Balaban J connectivity index is 0.933. The van der Waals surface area contributed by atoms with Crippen LogP contribution in [-0.2, 0) is 26.8 Å². The van der Waals surface area contributed by atoms with Gasteiger partial charge in [0.05, 0.1) is 32.6 Å². The van der Waals surface area contributed by atoms with Crippen LogP contribution in [0.3, 0.4) is 0 Å². The van der Waals surface area contributed by atoms with Gasteiger partial charge in [-0.3, -0.25) is 4.79 Å². The standard InChI is InChI=1S/C36H32Cl2N4O6S/c37-27-7-4-8-28(38)29(27)30-26(31(47-40-30)22-9-10-22)21-46-36-18-15-35(16-19-36,17-20-36)34-39-32(41-48-34)23-11-13-24(14-12-23)33(43)42-49(44,45)25-5-2-1-3-6-25/h1-8,11-14,22H,9-10,15-21H2,(H,42,43). The number of hydrogen-bond acceptors (Lipinski definition) is 9. The van der Waals surface area contributed by atoms with Crippen molar-refractivity contribution >= 4 is 39.1 Å². The lowest BCUT2D eigenvalue weighted by Gasteiger charge is -2.51. The van der Waals surface area contributed by atoms with Gasteiger partial charge >= 0.3 is 0 Å². The van der Waals surface area contributed by atoms with Crippen LogP contribution in [0, 0.1) is 0 Å². The molecule has 4 fully saturated rings. The van der Waals surface area contributed by atoms with Crippen molar-refractivity contribution < 1.29 is 27.0 Å². The van der Waals surface area contributed by atoms with E-state index in [1.807, 2.05) is 6.07 Å². The third-order valence-electron chi connectivity index (χ3n) is 10.2. The number of aromatic nitrogens is 3. The molecule has 2 aromatic heterocycles. The third kappa shape index (κ3) is 6.07. The Bertz CT molecular complexity index is 2100. The van der Waals surface area contributed by atoms with E-state index in [-0.39, 0.29) is 21.5 Å². The molecule has 0 unspecified atom stereocenters. The number of benzene rings is 3. The SMILES string of the molecule is O=C(NS(=O)(=O)c1ccccc1)c1ccc(-c2noc(C34CCC(OCc5c(-c6c(Cl)cccc6Cl)noc5C5CC5)(CC3)CC4)n2)cc1. The van der Waals surface area contributed by atoms with Crippen LogP contribution in [0.5, 0.6) is 0 Å². The lowest BCUT2D eigenvalue weighted by Crippen LogP contribution is -2.49. The minimum atomic E-state index is -3.99. The molecule has 1 N–H and O–H groups in total. The molecule has 1 amide bonds. The highest BCUT2D eigenvalue weighted by atomic mass is 35.5. The topological polar surface area (TPSA) is 137 Å². The van der Waals surface area contributed by atoms with Crippen molar-refractivity contribution in [2.75, 3.05) is 0 Å². The number of halogens is 2. The highest BCUT2D eigenvalue weighted by Crippen LogP contribution is 2.55. The van der Waals surface area contributed by atoms with E-state index < -0.39 is 15.9 Å². The fourth-order valence-electron chi connectivity index (χ4n) is 7.13. The predicted molar refractivity (Wildman–Crippen MR) is 182 cm³/mol. The van der Waals surface area contributed by atoms with Gasteiger partial charge in [0.2, 0.25) is 11.7 Å². The highest BCUT2D eigenvalue weighted by molar-refractivity contribution is 7.90. The molecule has 252 valence electrons. The molecule has 4 aliphatic carbocycles. The quantitative estimate of drug-likeness (QED) is 0.151. The molecule has 10 nitrogen and oxygen atoms in total. The van der Waals surface area contributed by atoms with Gasteiger partial charge < -0.3 is 13.8 Å². The van der Waals surface area contributed by atoms with E-state index in [4.69, 9.17) is 42.0 Å². The van der Waals surface area contributed by atoms with E-state index in [9.17, 15) is 13.2 Å². The van der Waals surface area contributed by atoms with E-state index in [2.05, 4.69) is 15.0 Å². The third-order valence-corrected chi connectivity index (χ3v) is 12.2. The van der Waals surface area contributed by atoms with Gasteiger partial charge in [-0.2, -0.15) is 4.98 Å². The van der Waals surface area contributed by atoms with Crippen LogP contribution in [0.1, 0.15) is 84.9 Å². The first-order valence-electron chi connectivity index (χ1n) is 16.3. The molecule has 0 atom stereocenters. The number of carbonyl (C=O) groups excluding carboxylic acids is 1. The van der Waals surface area contributed by atoms with Gasteiger partial charge in [-0.05, 0) is 87.8 Å². The molecule has 0 radical (unpaired) electrons. The number of carbonyl (C=O) groups is 1. The Hall–Kier alpha value is -4.03. The average molecular weight is 720 g/mol. The first-order chi connectivity index (χ1) is 23.7. The molecule has 49 heavy (non-hydrogen) atoms. The zero-order valence-corrected chi connectivity index (χ0v) is 28.7. The first kappa shape index (κ1) is 32.2. The maximum absolute atomic E-state index is 12.7. The molecular formula is C36H32Cl2N4O6S. The molecule has 4 aliphatic rings. The number of amides is 1. The van der Waals surface area contributed by atoms with Crippen LogP contribution in [0.4, 0.5) is 0 Å². The second kappa shape index (κ2) is 12.4. The number of ether oxygens (including phenoxy) is 1.